The zero-order valence-corrected chi connectivity index (χ0v) is 22.5. The number of amides is 1. The third kappa shape index (κ3) is 9.05. The largest absolute Gasteiger partial charge is 0.488 e. The molecule has 0 spiro atoms. The molecule has 2 atom stereocenters. The van der Waals surface area contributed by atoms with Crippen LogP contribution in [0.25, 0.3) is 0 Å². The first-order chi connectivity index (χ1) is 18.4. The number of nitrogens with one attached hydrogen (secondary N) is 1. The van der Waals surface area contributed by atoms with Crippen LogP contribution in [-0.2, 0) is 22.4 Å². The summed E-state index contributed by atoms with van der Waals surface area (Å²) in [4.78, 5) is 25.6. The number of hydrogen-bond acceptors (Lipinski definition) is 7. The molecule has 0 aromatic heterocycles. The smallest absolute Gasteiger partial charge is 0.422 e. The Bertz CT molecular complexity index is 1140. The molecule has 3 rings (SSSR count). The van der Waals surface area contributed by atoms with Gasteiger partial charge in [0.2, 0.25) is 0 Å². The maximum Gasteiger partial charge on any atom is 0.422 e. The fourth-order valence-electron chi connectivity index (χ4n) is 4.73. The molecule has 0 saturated heterocycles. The van der Waals surface area contributed by atoms with E-state index in [2.05, 4.69) is 23.2 Å². The van der Waals surface area contributed by atoms with E-state index >= 15 is 0 Å². The molecular weight excluding hydrogens is 515 g/mol. The molecule has 1 heterocycles. The van der Waals surface area contributed by atoms with Gasteiger partial charge in [0.25, 0.3) is 5.91 Å². The van der Waals surface area contributed by atoms with E-state index < -0.39 is 18.7 Å². The molecule has 1 aliphatic heterocycles. The summed E-state index contributed by atoms with van der Waals surface area (Å²) in [6.45, 7) is 5.72. The van der Waals surface area contributed by atoms with Gasteiger partial charge in [0, 0.05) is 32.1 Å². The summed E-state index contributed by atoms with van der Waals surface area (Å²) in [5.74, 6) is -0.531. The maximum absolute atomic E-state index is 12.5. The standard InChI is InChI=1S/C28H36F3N3O5/c1-18(33-9-12-38-24-7-4-5-8-25(24)39-17-28(29,30)31)13-21-15-22-14-19(2)34(10-6-11-37-20(3)35)26(22)23(16-21)27(32)36/h4-5,7-8,15-16,18-19,33H,6,9-14,17H2,1-3H3,(H2,32,36). The number of nitrogens with zero attached hydrogens (tertiary/aromatic N) is 1. The molecular formula is C28H36F3N3O5. The van der Waals surface area contributed by atoms with Crippen molar-refractivity contribution in [3.63, 3.8) is 0 Å². The van der Waals surface area contributed by atoms with Gasteiger partial charge in [-0.2, -0.15) is 13.2 Å². The number of hydrogen-bond donors (Lipinski definition) is 2. The summed E-state index contributed by atoms with van der Waals surface area (Å²) >= 11 is 0. The monoisotopic (exact) mass is 551 g/mol. The van der Waals surface area contributed by atoms with Crippen molar-refractivity contribution in [1.29, 1.82) is 0 Å². The number of rotatable bonds is 14. The molecule has 0 radical (unpaired) electrons. The molecule has 8 nitrogen and oxygen atoms in total. The summed E-state index contributed by atoms with van der Waals surface area (Å²) in [7, 11) is 0. The lowest BCUT2D eigenvalue weighted by Crippen LogP contribution is -2.33. The van der Waals surface area contributed by atoms with Crippen molar-refractivity contribution in [2.24, 2.45) is 5.73 Å². The number of carbonyl (C=O) groups is 2. The van der Waals surface area contributed by atoms with Crippen molar-refractivity contribution in [2.45, 2.75) is 58.3 Å². The predicted molar refractivity (Wildman–Crippen MR) is 141 cm³/mol. The minimum absolute atomic E-state index is 0.0303. The number of esters is 1. The van der Waals surface area contributed by atoms with Gasteiger partial charge in [-0.25, -0.2) is 0 Å². The Kier molecular flexibility index (Phi) is 10.4. The van der Waals surface area contributed by atoms with E-state index in [1.807, 2.05) is 13.0 Å². The van der Waals surface area contributed by atoms with Crippen LogP contribution in [0.3, 0.4) is 0 Å². The average molecular weight is 552 g/mol. The van der Waals surface area contributed by atoms with Crippen molar-refractivity contribution < 1.29 is 37.0 Å². The van der Waals surface area contributed by atoms with Gasteiger partial charge >= 0.3 is 12.1 Å². The topological polar surface area (TPSA) is 103 Å². The summed E-state index contributed by atoms with van der Waals surface area (Å²) in [5, 5.41) is 3.34. The molecule has 0 aliphatic carbocycles. The number of halogens is 3. The summed E-state index contributed by atoms with van der Waals surface area (Å²) < 4.78 is 53.0. The van der Waals surface area contributed by atoms with Crippen LogP contribution in [0, 0.1) is 0 Å². The van der Waals surface area contributed by atoms with E-state index in [9.17, 15) is 22.8 Å². The molecule has 3 N–H and O–H groups in total. The second kappa shape index (κ2) is 13.5. The fraction of sp³-hybridized carbons (Fsp3) is 0.500. The van der Waals surface area contributed by atoms with Gasteiger partial charge in [0.05, 0.1) is 17.9 Å². The number of para-hydroxylation sites is 2. The van der Waals surface area contributed by atoms with Crippen molar-refractivity contribution in [3.05, 3.63) is 53.1 Å². The predicted octanol–water partition coefficient (Wildman–Crippen LogP) is 4.03. The molecule has 0 fully saturated rings. The van der Waals surface area contributed by atoms with Crippen LogP contribution in [0.5, 0.6) is 11.5 Å². The molecule has 2 aromatic rings. The average Bonchev–Trinajstić information content (AvgIpc) is 3.17. The highest BCUT2D eigenvalue weighted by atomic mass is 19.4. The maximum atomic E-state index is 12.5. The van der Waals surface area contributed by atoms with E-state index in [0.29, 0.717) is 38.1 Å². The van der Waals surface area contributed by atoms with Gasteiger partial charge in [-0.05, 0) is 62.4 Å². The lowest BCUT2D eigenvalue weighted by Gasteiger charge is -2.26. The normalized spacial score (nSPS) is 15.5. The van der Waals surface area contributed by atoms with E-state index in [1.54, 1.807) is 18.2 Å². The van der Waals surface area contributed by atoms with Crippen LogP contribution in [0.2, 0.25) is 0 Å². The zero-order valence-electron chi connectivity index (χ0n) is 22.5. The molecule has 214 valence electrons. The second-order valence-corrected chi connectivity index (χ2v) is 9.71. The number of alkyl halides is 3. The minimum atomic E-state index is -4.43. The number of nitrogens with two attached hydrogens (primary N) is 1. The third-order valence-electron chi connectivity index (χ3n) is 6.33. The van der Waals surface area contributed by atoms with Crippen LogP contribution in [0.15, 0.2) is 36.4 Å². The van der Waals surface area contributed by atoms with Crippen molar-refractivity contribution in [1.82, 2.24) is 5.32 Å². The Labute approximate surface area is 226 Å². The fourth-order valence-corrected chi connectivity index (χ4v) is 4.73. The quantitative estimate of drug-likeness (QED) is 0.270. The molecule has 2 unspecified atom stereocenters. The lowest BCUT2D eigenvalue weighted by molar-refractivity contribution is -0.153. The summed E-state index contributed by atoms with van der Waals surface area (Å²) in [6.07, 6.45) is -2.37. The lowest BCUT2D eigenvalue weighted by atomic mass is 9.97. The van der Waals surface area contributed by atoms with Gasteiger partial charge in [-0.15, -0.1) is 0 Å². The van der Waals surface area contributed by atoms with Crippen molar-refractivity contribution >= 4 is 17.6 Å². The number of anilines is 1. The van der Waals surface area contributed by atoms with Gasteiger partial charge in [0.1, 0.15) is 6.61 Å². The van der Waals surface area contributed by atoms with E-state index in [1.165, 1.54) is 13.0 Å². The van der Waals surface area contributed by atoms with E-state index in [4.69, 9.17) is 19.9 Å². The van der Waals surface area contributed by atoms with Gasteiger partial charge in [-0.3, -0.25) is 9.59 Å². The number of benzene rings is 2. The molecule has 0 saturated carbocycles. The number of ether oxygens (including phenoxy) is 3. The van der Waals surface area contributed by atoms with Crippen LogP contribution in [-0.4, -0.2) is 63.0 Å². The van der Waals surface area contributed by atoms with Crippen LogP contribution in [0.1, 0.15) is 48.7 Å². The Hall–Kier alpha value is -3.47. The Morgan fingerprint density at radius 1 is 1.15 bits per heavy atom. The number of carbonyl (C=O) groups excluding carboxylic acids is 2. The zero-order chi connectivity index (χ0) is 28.6. The molecule has 2 aromatic carbocycles. The molecule has 1 amide bonds. The van der Waals surface area contributed by atoms with Gasteiger partial charge in [-0.1, -0.05) is 18.2 Å². The second-order valence-electron chi connectivity index (χ2n) is 9.71. The number of fused-ring (bicyclic) bond motifs is 1. The molecule has 11 heteroatoms. The van der Waals surface area contributed by atoms with Crippen LogP contribution < -0.4 is 25.4 Å². The molecule has 1 aliphatic rings. The SMILES string of the molecule is CC(=O)OCCCN1c2c(cc(CC(C)NCCOc3ccccc3OCC(F)(F)F)cc2C(N)=O)CC1C. The Morgan fingerprint density at radius 2 is 1.85 bits per heavy atom. The summed E-state index contributed by atoms with van der Waals surface area (Å²) in [5.41, 5.74) is 9.12. The minimum Gasteiger partial charge on any atom is -0.488 e. The van der Waals surface area contributed by atoms with Gasteiger partial charge in [0.15, 0.2) is 18.1 Å². The highest BCUT2D eigenvalue weighted by Crippen LogP contribution is 2.37. The van der Waals surface area contributed by atoms with Crippen molar-refractivity contribution in [2.75, 3.05) is 37.8 Å². The van der Waals surface area contributed by atoms with E-state index in [-0.39, 0.29) is 36.2 Å². The number of primary amides is 1. The summed E-state index contributed by atoms with van der Waals surface area (Å²) in [6, 6.07) is 10.4. The van der Waals surface area contributed by atoms with Crippen LogP contribution >= 0.6 is 0 Å². The first-order valence-corrected chi connectivity index (χ1v) is 12.9. The third-order valence-corrected chi connectivity index (χ3v) is 6.33. The highest BCUT2D eigenvalue weighted by molar-refractivity contribution is 6.00. The Balaban J connectivity index is 1.56. The van der Waals surface area contributed by atoms with E-state index in [0.717, 1.165) is 23.2 Å². The Morgan fingerprint density at radius 3 is 2.49 bits per heavy atom. The first-order valence-electron chi connectivity index (χ1n) is 12.9. The molecule has 0 bridgehead atoms. The van der Waals surface area contributed by atoms with Crippen LogP contribution in [0.4, 0.5) is 18.9 Å². The first kappa shape index (κ1) is 30.1. The van der Waals surface area contributed by atoms with Crippen molar-refractivity contribution in [3.8, 4) is 11.5 Å². The highest BCUT2D eigenvalue weighted by Gasteiger charge is 2.31. The van der Waals surface area contributed by atoms with Gasteiger partial charge < -0.3 is 30.2 Å². The molecule has 39 heavy (non-hydrogen) atoms.